The third kappa shape index (κ3) is 3.62. The Bertz CT molecular complexity index is 783. The number of carboxylic acid groups (broad SMARTS) is 1. The van der Waals surface area contributed by atoms with E-state index in [-0.39, 0.29) is 10.5 Å². The summed E-state index contributed by atoms with van der Waals surface area (Å²) in [6, 6.07) is 7.90. The van der Waals surface area contributed by atoms with Gasteiger partial charge >= 0.3 is 5.97 Å². The summed E-state index contributed by atoms with van der Waals surface area (Å²) >= 11 is 1.19. The Kier molecular flexibility index (Phi) is 4.34. The van der Waals surface area contributed by atoms with Gasteiger partial charge in [-0.1, -0.05) is 11.8 Å². The fourth-order valence-electron chi connectivity index (χ4n) is 1.74. The molecule has 1 N–H and O–H groups in total. The minimum absolute atomic E-state index is 0.162. The Labute approximate surface area is 127 Å². The fourth-order valence-corrected chi connectivity index (χ4v) is 3.33. The van der Waals surface area contributed by atoms with Crippen LogP contribution in [0.4, 0.5) is 0 Å². The SMILES string of the molecule is Cc1ccnc(Sc2ccc(S(C)(=O)=O)cc2)c1C(=O)O. The van der Waals surface area contributed by atoms with E-state index < -0.39 is 15.8 Å². The highest BCUT2D eigenvalue weighted by atomic mass is 32.2. The zero-order valence-electron chi connectivity index (χ0n) is 11.4. The van der Waals surface area contributed by atoms with Crippen LogP contribution >= 0.6 is 11.8 Å². The Morgan fingerprint density at radius 3 is 2.33 bits per heavy atom. The van der Waals surface area contributed by atoms with Crippen molar-refractivity contribution in [2.75, 3.05) is 6.26 Å². The van der Waals surface area contributed by atoms with E-state index in [1.165, 1.54) is 23.9 Å². The molecule has 0 spiro atoms. The molecule has 0 saturated heterocycles. The summed E-state index contributed by atoms with van der Waals surface area (Å²) < 4.78 is 22.8. The molecular formula is C14H13NO4S2. The van der Waals surface area contributed by atoms with Gasteiger partial charge in [0, 0.05) is 17.3 Å². The molecule has 2 aromatic rings. The summed E-state index contributed by atoms with van der Waals surface area (Å²) in [6.07, 6.45) is 2.69. The highest BCUT2D eigenvalue weighted by Gasteiger charge is 2.15. The number of aromatic carboxylic acids is 1. The van der Waals surface area contributed by atoms with Gasteiger partial charge in [-0.15, -0.1) is 0 Å². The van der Waals surface area contributed by atoms with Crippen LogP contribution in [0.1, 0.15) is 15.9 Å². The molecule has 2 rings (SSSR count). The van der Waals surface area contributed by atoms with Crippen LogP contribution in [-0.2, 0) is 9.84 Å². The van der Waals surface area contributed by atoms with Crippen molar-refractivity contribution < 1.29 is 18.3 Å². The Morgan fingerprint density at radius 1 is 1.19 bits per heavy atom. The van der Waals surface area contributed by atoms with E-state index in [1.54, 1.807) is 31.3 Å². The maximum atomic E-state index is 11.4. The average molecular weight is 323 g/mol. The molecule has 0 radical (unpaired) electrons. The van der Waals surface area contributed by atoms with E-state index in [2.05, 4.69) is 4.98 Å². The van der Waals surface area contributed by atoms with E-state index in [1.807, 2.05) is 0 Å². The molecule has 21 heavy (non-hydrogen) atoms. The lowest BCUT2D eigenvalue weighted by Crippen LogP contribution is -2.03. The number of benzene rings is 1. The zero-order chi connectivity index (χ0) is 15.6. The molecule has 0 atom stereocenters. The zero-order valence-corrected chi connectivity index (χ0v) is 13.0. The van der Waals surface area contributed by atoms with E-state index in [0.29, 0.717) is 10.6 Å². The van der Waals surface area contributed by atoms with Gasteiger partial charge in [0.2, 0.25) is 0 Å². The molecule has 0 unspecified atom stereocenters. The largest absolute Gasteiger partial charge is 0.478 e. The summed E-state index contributed by atoms with van der Waals surface area (Å²) in [7, 11) is -3.24. The topological polar surface area (TPSA) is 84.3 Å². The molecule has 7 heteroatoms. The Balaban J connectivity index is 2.35. The van der Waals surface area contributed by atoms with Crippen LogP contribution in [0.3, 0.4) is 0 Å². The molecule has 0 amide bonds. The second-order valence-electron chi connectivity index (χ2n) is 4.46. The van der Waals surface area contributed by atoms with Gasteiger partial charge in [0.1, 0.15) is 5.03 Å². The number of pyridine rings is 1. The number of aromatic nitrogens is 1. The summed E-state index contributed by atoms with van der Waals surface area (Å²) in [5.41, 5.74) is 0.794. The maximum absolute atomic E-state index is 11.4. The molecular weight excluding hydrogens is 310 g/mol. The number of rotatable bonds is 4. The first kappa shape index (κ1) is 15.5. The van der Waals surface area contributed by atoms with Crippen molar-refractivity contribution >= 4 is 27.6 Å². The second-order valence-corrected chi connectivity index (χ2v) is 7.54. The number of nitrogens with zero attached hydrogens (tertiary/aromatic N) is 1. The van der Waals surface area contributed by atoms with Gasteiger partial charge in [-0.25, -0.2) is 18.2 Å². The summed E-state index contributed by atoms with van der Waals surface area (Å²) in [4.78, 5) is 16.3. The number of carbonyl (C=O) groups is 1. The van der Waals surface area contributed by atoms with Crippen LogP contribution in [-0.4, -0.2) is 30.7 Å². The lowest BCUT2D eigenvalue weighted by atomic mass is 10.2. The molecule has 0 bridgehead atoms. The van der Waals surface area contributed by atoms with Crippen LogP contribution in [0.15, 0.2) is 51.3 Å². The quantitative estimate of drug-likeness (QED) is 0.931. The van der Waals surface area contributed by atoms with E-state index in [0.717, 1.165) is 11.2 Å². The number of hydrogen-bond donors (Lipinski definition) is 1. The maximum Gasteiger partial charge on any atom is 0.338 e. The first-order chi connectivity index (χ1) is 9.79. The van der Waals surface area contributed by atoms with Crippen LogP contribution in [0.25, 0.3) is 0 Å². The minimum Gasteiger partial charge on any atom is -0.478 e. The van der Waals surface area contributed by atoms with Gasteiger partial charge < -0.3 is 5.11 Å². The van der Waals surface area contributed by atoms with Crippen LogP contribution in [0.2, 0.25) is 0 Å². The summed E-state index contributed by atoms with van der Waals surface area (Å²) in [5, 5.41) is 9.63. The average Bonchev–Trinajstić information content (AvgIpc) is 2.38. The van der Waals surface area contributed by atoms with Gasteiger partial charge in [0.05, 0.1) is 10.5 Å². The molecule has 5 nitrogen and oxygen atoms in total. The van der Waals surface area contributed by atoms with Crippen LogP contribution in [0, 0.1) is 6.92 Å². The standard InChI is InChI=1S/C14H13NO4S2/c1-9-7-8-15-13(12(9)14(16)17)20-10-3-5-11(6-4-10)21(2,18)19/h3-8H,1-2H3,(H,16,17). The molecule has 0 fully saturated rings. The second kappa shape index (κ2) is 5.87. The van der Waals surface area contributed by atoms with Crippen LogP contribution < -0.4 is 0 Å². The third-order valence-electron chi connectivity index (χ3n) is 2.80. The first-order valence-corrected chi connectivity index (χ1v) is 8.66. The summed E-state index contributed by atoms with van der Waals surface area (Å²) in [6.45, 7) is 1.71. The number of carboxylic acids is 1. The van der Waals surface area contributed by atoms with E-state index in [9.17, 15) is 18.3 Å². The number of hydrogen-bond acceptors (Lipinski definition) is 5. The van der Waals surface area contributed by atoms with Crippen molar-refractivity contribution in [3.8, 4) is 0 Å². The van der Waals surface area contributed by atoms with Crippen molar-refractivity contribution in [2.24, 2.45) is 0 Å². The molecule has 0 saturated carbocycles. The van der Waals surface area contributed by atoms with Crippen molar-refractivity contribution in [3.63, 3.8) is 0 Å². The van der Waals surface area contributed by atoms with Gasteiger partial charge in [0.25, 0.3) is 0 Å². The van der Waals surface area contributed by atoms with E-state index >= 15 is 0 Å². The third-order valence-corrected chi connectivity index (χ3v) is 4.94. The van der Waals surface area contributed by atoms with Crippen molar-refractivity contribution in [3.05, 3.63) is 47.7 Å². The predicted octanol–water partition coefficient (Wildman–Crippen LogP) is 2.64. The van der Waals surface area contributed by atoms with E-state index in [4.69, 9.17) is 0 Å². The first-order valence-electron chi connectivity index (χ1n) is 5.96. The number of sulfone groups is 1. The predicted molar refractivity (Wildman–Crippen MR) is 79.6 cm³/mol. The fraction of sp³-hybridized carbons (Fsp3) is 0.143. The van der Waals surface area contributed by atoms with Crippen molar-refractivity contribution in [2.45, 2.75) is 21.7 Å². The van der Waals surface area contributed by atoms with Crippen molar-refractivity contribution in [1.82, 2.24) is 4.98 Å². The molecule has 1 aromatic heterocycles. The van der Waals surface area contributed by atoms with Gasteiger partial charge in [-0.2, -0.15) is 0 Å². The molecule has 1 aromatic carbocycles. The highest BCUT2D eigenvalue weighted by molar-refractivity contribution is 7.99. The normalized spacial score (nSPS) is 11.3. The monoisotopic (exact) mass is 323 g/mol. The van der Waals surface area contributed by atoms with Gasteiger partial charge in [-0.05, 0) is 42.8 Å². The minimum atomic E-state index is -3.24. The lowest BCUT2D eigenvalue weighted by Gasteiger charge is -2.07. The molecule has 0 aliphatic carbocycles. The van der Waals surface area contributed by atoms with Gasteiger partial charge in [-0.3, -0.25) is 0 Å². The summed E-state index contributed by atoms with van der Waals surface area (Å²) in [5.74, 6) is -1.03. The highest BCUT2D eigenvalue weighted by Crippen LogP contribution is 2.30. The molecule has 1 heterocycles. The molecule has 0 aliphatic rings. The lowest BCUT2D eigenvalue weighted by molar-refractivity contribution is 0.0691. The Morgan fingerprint density at radius 2 is 1.81 bits per heavy atom. The van der Waals surface area contributed by atoms with Gasteiger partial charge in [0.15, 0.2) is 9.84 Å². The van der Waals surface area contributed by atoms with Crippen molar-refractivity contribution in [1.29, 1.82) is 0 Å². The molecule has 110 valence electrons. The number of aryl methyl sites for hydroxylation is 1. The Hall–Kier alpha value is -1.86. The van der Waals surface area contributed by atoms with Crippen LogP contribution in [0.5, 0.6) is 0 Å². The molecule has 0 aliphatic heterocycles. The smallest absolute Gasteiger partial charge is 0.338 e.